The summed E-state index contributed by atoms with van der Waals surface area (Å²) in [5, 5.41) is 3.35. The Morgan fingerprint density at radius 1 is 1.45 bits per heavy atom. The quantitative estimate of drug-likeness (QED) is 0.783. The van der Waals surface area contributed by atoms with Crippen LogP contribution in [0.1, 0.15) is 39.5 Å². The second kappa shape index (κ2) is 6.41. The Hall–Kier alpha value is -0.650. The molecular formula is C15H30N4O. The van der Waals surface area contributed by atoms with Gasteiger partial charge in [0.15, 0.2) is 0 Å². The fraction of sp³-hybridized carbons (Fsp3) is 0.933. The normalized spacial score (nSPS) is 37.0. The molecule has 0 bridgehead atoms. The van der Waals surface area contributed by atoms with E-state index in [1.165, 1.54) is 13.0 Å². The van der Waals surface area contributed by atoms with E-state index in [-0.39, 0.29) is 5.91 Å². The highest BCUT2D eigenvalue weighted by Gasteiger charge is 2.45. The Kier molecular flexibility index (Phi) is 5.04. The first-order valence-corrected chi connectivity index (χ1v) is 7.97. The lowest BCUT2D eigenvalue weighted by Gasteiger charge is -2.35. The van der Waals surface area contributed by atoms with Crippen molar-refractivity contribution in [2.45, 2.75) is 57.2 Å². The van der Waals surface area contributed by atoms with Gasteiger partial charge < -0.3 is 16.0 Å². The van der Waals surface area contributed by atoms with Gasteiger partial charge in [-0.05, 0) is 59.3 Å². The zero-order valence-electron chi connectivity index (χ0n) is 13.2. The number of nitrogens with zero attached hydrogens (tertiary/aromatic N) is 2. The summed E-state index contributed by atoms with van der Waals surface area (Å²) >= 11 is 0. The zero-order chi connectivity index (χ0) is 14.8. The maximum absolute atomic E-state index is 11.9. The lowest BCUT2D eigenvalue weighted by Crippen LogP contribution is -2.55. The molecule has 1 aliphatic carbocycles. The standard InChI is InChI=1S/C15H30N4O/c1-4-17-15(14(16)20)7-6-13(10-15)19-9-5-8-18(3)11-12(19)2/h12-13,17H,4-11H2,1-3H3,(H2,16,20). The fourth-order valence-electron chi connectivity index (χ4n) is 4.05. The van der Waals surface area contributed by atoms with Crippen LogP contribution in [0.15, 0.2) is 0 Å². The molecular weight excluding hydrogens is 252 g/mol. The molecule has 1 saturated heterocycles. The van der Waals surface area contributed by atoms with Gasteiger partial charge in [0.1, 0.15) is 0 Å². The molecule has 1 heterocycles. The summed E-state index contributed by atoms with van der Waals surface area (Å²) < 4.78 is 0. The van der Waals surface area contributed by atoms with Crippen molar-refractivity contribution in [1.29, 1.82) is 0 Å². The van der Waals surface area contributed by atoms with Gasteiger partial charge in [-0.2, -0.15) is 0 Å². The Balaban J connectivity index is 2.05. The van der Waals surface area contributed by atoms with E-state index in [0.717, 1.165) is 38.9 Å². The number of rotatable bonds is 4. The molecule has 1 amide bonds. The van der Waals surface area contributed by atoms with Gasteiger partial charge in [-0.3, -0.25) is 9.69 Å². The predicted molar refractivity (Wildman–Crippen MR) is 81.5 cm³/mol. The number of nitrogens with one attached hydrogen (secondary N) is 1. The maximum Gasteiger partial charge on any atom is 0.237 e. The molecule has 3 N–H and O–H groups in total. The SMILES string of the molecule is CCNC1(C(N)=O)CCC(N2CCCN(C)CC2C)C1. The van der Waals surface area contributed by atoms with E-state index in [0.29, 0.717) is 12.1 Å². The van der Waals surface area contributed by atoms with E-state index >= 15 is 0 Å². The highest BCUT2D eigenvalue weighted by Crippen LogP contribution is 2.34. The van der Waals surface area contributed by atoms with Gasteiger partial charge in [0.25, 0.3) is 0 Å². The predicted octanol–water partition coefficient (Wildman–Crippen LogP) is 0.399. The van der Waals surface area contributed by atoms with Crippen LogP contribution in [0.3, 0.4) is 0 Å². The van der Waals surface area contributed by atoms with Crippen LogP contribution in [0.25, 0.3) is 0 Å². The van der Waals surface area contributed by atoms with Crippen molar-refractivity contribution in [3.8, 4) is 0 Å². The van der Waals surface area contributed by atoms with Crippen LogP contribution in [0, 0.1) is 0 Å². The third-order valence-corrected chi connectivity index (χ3v) is 5.04. The molecule has 2 fully saturated rings. The third kappa shape index (κ3) is 3.15. The lowest BCUT2D eigenvalue weighted by atomic mass is 9.96. The Morgan fingerprint density at radius 3 is 2.85 bits per heavy atom. The Labute approximate surface area is 122 Å². The number of carbonyl (C=O) groups excluding carboxylic acids is 1. The summed E-state index contributed by atoms with van der Waals surface area (Å²) in [6.07, 6.45) is 4.02. The molecule has 0 aromatic carbocycles. The van der Waals surface area contributed by atoms with Gasteiger partial charge in [0.2, 0.25) is 5.91 Å². The first kappa shape index (κ1) is 15.7. The van der Waals surface area contributed by atoms with Crippen molar-refractivity contribution in [1.82, 2.24) is 15.1 Å². The number of primary amides is 1. The smallest absolute Gasteiger partial charge is 0.237 e. The molecule has 0 spiro atoms. The van der Waals surface area contributed by atoms with Crippen molar-refractivity contribution < 1.29 is 4.79 Å². The third-order valence-electron chi connectivity index (χ3n) is 5.04. The monoisotopic (exact) mass is 282 g/mol. The van der Waals surface area contributed by atoms with Crippen molar-refractivity contribution in [3.63, 3.8) is 0 Å². The van der Waals surface area contributed by atoms with E-state index in [9.17, 15) is 4.79 Å². The van der Waals surface area contributed by atoms with Crippen molar-refractivity contribution in [3.05, 3.63) is 0 Å². The van der Waals surface area contributed by atoms with Crippen molar-refractivity contribution in [2.75, 3.05) is 33.2 Å². The minimum absolute atomic E-state index is 0.179. The summed E-state index contributed by atoms with van der Waals surface area (Å²) in [5.74, 6) is -0.179. The average Bonchev–Trinajstić information content (AvgIpc) is 2.72. The van der Waals surface area contributed by atoms with E-state index in [1.54, 1.807) is 0 Å². The lowest BCUT2D eigenvalue weighted by molar-refractivity contribution is -0.124. The Bertz CT molecular complexity index is 349. The second-order valence-electron chi connectivity index (χ2n) is 6.58. The Morgan fingerprint density at radius 2 is 2.20 bits per heavy atom. The summed E-state index contributed by atoms with van der Waals surface area (Å²) in [4.78, 5) is 16.9. The molecule has 2 rings (SSSR count). The van der Waals surface area contributed by atoms with Crippen LogP contribution in [-0.2, 0) is 4.79 Å². The van der Waals surface area contributed by atoms with Crippen LogP contribution >= 0.6 is 0 Å². The molecule has 3 atom stereocenters. The molecule has 2 aliphatic rings. The molecule has 0 aromatic heterocycles. The number of likely N-dealkylation sites (N-methyl/N-ethyl adjacent to an activating group) is 2. The summed E-state index contributed by atoms with van der Waals surface area (Å²) in [7, 11) is 2.20. The molecule has 5 heteroatoms. The van der Waals surface area contributed by atoms with Crippen LogP contribution in [0.5, 0.6) is 0 Å². The fourth-order valence-corrected chi connectivity index (χ4v) is 4.05. The van der Waals surface area contributed by atoms with Crippen LogP contribution in [0.2, 0.25) is 0 Å². The maximum atomic E-state index is 11.9. The molecule has 20 heavy (non-hydrogen) atoms. The largest absolute Gasteiger partial charge is 0.368 e. The van der Waals surface area contributed by atoms with E-state index in [4.69, 9.17) is 5.73 Å². The second-order valence-corrected chi connectivity index (χ2v) is 6.58. The van der Waals surface area contributed by atoms with Crippen molar-refractivity contribution >= 4 is 5.91 Å². The van der Waals surface area contributed by atoms with Crippen LogP contribution in [0.4, 0.5) is 0 Å². The summed E-state index contributed by atoms with van der Waals surface area (Å²) in [6.45, 7) is 8.56. The van der Waals surface area contributed by atoms with Gasteiger partial charge in [-0.15, -0.1) is 0 Å². The number of hydrogen-bond donors (Lipinski definition) is 2. The molecule has 3 unspecified atom stereocenters. The van der Waals surface area contributed by atoms with Gasteiger partial charge in [0, 0.05) is 18.6 Å². The highest BCUT2D eigenvalue weighted by molar-refractivity contribution is 5.85. The van der Waals surface area contributed by atoms with Crippen LogP contribution < -0.4 is 11.1 Å². The number of carbonyl (C=O) groups is 1. The molecule has 0 radical (unpaired) electrons. The van der Waals surface area contributed by atoms with Gasteiger partial charge in [-0.25, -0.2) is 0 Å². The van der Waals surface area contributed by atoms with Crippen LogP contribution in [-0.4, -0.2) is 66.6 Å². The van der Waals surface area contributed by atoms with Gasteiger partial charge in [0.05, 0.1) is 5.54 Å². The molecule has 0 aromatic rings. The topological polar surface area (TPSA) is 61.6 Å². The summed E-state index contributed by atoms with van der Waals surface area (Å²) in [6, 6.07) is 1.04. The van der Waals surface area contributed by atoms with Gasteiger partial charge >= 0.3 is 0 Å². The first-order valence-electron chi connectivity index (χ1n) is 7.97. The molecule has 116 valence electrons. The van der Waals surface area contributed by atoms with Gasteiger partial charge in [-0.1, -0.05) is 6.92 Å². The minimum Gasteiger partial charge on any atom is -0.368 e. The van der Waals surface area contributed by atoms with E-state index in [2.05, 4.69) is 29.1 Å². The molecule has 1 saturated carbocycles. The number of nitrogens with two attached hydrogens (primary N) is 1. The number of amides is 1. The first-order chi connectivity index (χ1) is 9.48. The minimum atomic E-state index is -0.475. The number of hydrogen-bond acceptors (Lipinski definition) is 4. The highest BCUT2D eigenvalue weighted by atomic mass is 16.1. The zero-order valence-corrected chi connectivity index (χ0v) is 13.2. The average molecular weight is 282 g/mol. The van der Waals surface area contributed by atoms with Crippen molar-refractivity contribution in [2.24, 2.45) is 5.73 Å². The summed E-state index contributed by atoms with van der Waals surface area (Å²) in [5.41, 5.74) is 5.20. The molecule has 1 aliphatic heterocycles. The van der Waals surface area contributed by atoms with E-state index in [1.807, 2.05) is 6.92 Å². The van der Waals surface area contributed by atoms with E-state index < -0.39 is 5.54 Å². The molecule has 5 nitrogen and oxygen atoms in total.